The summed E-state index contributed by atoms with van der Waals surface area (Å²) in [5, 5.41) is 19.5. The number of carbonyl (C=O) groups excluding carboxylic acids is 1. The molecule has 0 fully saturated rings. The number of amides is 1. The molecule has 0 aliphatic heterocycles. The fourth-order valence-electron chi connectivity index (χ4n) is 3.03. The normalized spacial score (nSPS) is 11.2. The zero-order valence-electron chi connectivity index (χ0n) is 15.6. The van der Waals surface area contributed by atoms with Gasteiger partial charge in [0.25, 0.3) is 5.91 Å². The minimum absolute atomic E-state index is 0.0266. The third kappa shape index (κ3) is 3.79. The molecule has 0 saturated carbocycles. The van der Waals surface area contributed by atoms with Crippen LogP contribution in [0.3, 0.4) is 0 Å². The van der Waals surface area contributed by atoms with Gasteiger partial charge in [-0.3, -0.25) is 9.59 Å². The van der Waals surface area contributed by atoms with E-state index in [4.69, 9.17) is 5.11 Å². The average Bonchev–Trinajstić information content (AvgIpc) is 3.02. The van der Waals surface area contributed by atoms with E-state index >= 15 is 0 Å². The monoisotopic (exact) mass is 373 g/mol. The molecule has 3 rings (SSSR count). The topological polar surface area (TPSA) is 86.3 Å². The number of carboxylic acid groups (broad SMARTS) is 1. The van der Waals surface area contributed by atoms with Gasteiger partial charge in [0.2, 0.25) is 0 Å². The van der Waals surface area contributed by atoms with E-state index in [1.807, 2.05) is 61.5 Å². The summed E-state index contributed by atoms with van der Waals surface area (Å²) in [6, 6.07) is 16.7. The van der Waals surface area contributed by atoms with E-state index in [1.165, 1.54) is 11.0 Å². The zero-order chi connectivity index (χ0) is 20.3. The molecule has 0 radical (unpaired) electrons. The molecule has 0 aliphatic carbocycles. The number of nitriles is 1. The number of carbonyl (C=O) groups is 2. The van der Waals surface area contributed by atoms with Crippen LogP contribution in [-0.2, 0) is 16.1 Å². The quantitative estimate of drug-likeness (QED) is 0.547. The number of aromatic nitrogens is 1. The molecule has 1 heterocycles. The van der Waals surface area contributed by atoms with Crippen molar-refractivity contribution in [3.63, 3.8) is 0 Å². The first-order valence-electron chi connectivity index (χ1n) is 8.67. The van der Waals surface area contributed by atoms with E-state index in [9.17, 15) is 14.9 Å². The molecule has 0 unspecified atom stereocenters. The number of aliphatic carboxylic acids is 1. The molecule has 140 valence electrons. The molecule has 3 aromatic rings. The van der Waals surface area contributed by atoms with Crippen molar-refractivity contribution >= 4 is 34.5 Å². The van der Waals surface area contributed by atoms with E-state index in [1.54, 1.807) is 17.8 Å². The number of aryl methyl sites for hydroxylation is 1. The Bertz CT molecular complexity index is 1120. The van der Waals surface area contributed by atoms with Crippen LogP contribution in [0, 0.1) is 18.3 Å². The Morgan fingerprint density at radius 2 is 1.86 bits per heavy atom. The molecule has 6 heteroatoms. The Labute approximate surface area is 162 Å². The summed E-state index contributed by atoms with van der Waals surface area (Å²) in [6.45, 7) is 1.76. The third-order valence-electron chi connectivity index (χ3n) is 4.50. The van der Waals surface area contributed by atoms with Gasteiger partial charge in [0.15, 0.2) is 0 Å². The largest absolute Gasteiger partial charge is 0.480 e. The van der Waals surface area contributed by atoms with Crippen LogP contribution < -0.4 is 4.90 Å². The molecule has 0 saturated heterocycles. The molecular weight excluding hydrogens is 354 g/mol. The molecule has 2 aromatic carbocycles. The van der Waals surface area contributed by atoms with Crippen molar-refractivity contribution in [1.29, 1.82) is 5.26 Å². The first-order chi connectivity index (χ1) is 13.4. The van der Waals surface area contributed by atoms with Crippen molar-refractivity contribution in [2.75, 3.05) is 11.9 Å². The van der Waals surface area contributed by atoms with E-state index in [0.717, 1.165) is 16.5 Å². The highest BCUT2D eigenvalue weighted by atomic mass is 16.4. The van der Waals surface area contributed by atoms with Crippen LogP contribution >= 0.6 is 0 Å². The summed E-state index contributed by atoms with van der Waals surface area (Å²) >= 11 is 0. The van der Waals surface area contributed by atoms with Gasteiger partial charge >= 0.3 is 5.97 Å². The second-order valence-corrected chi connectivity index (χ2v) is 6.49. The fourth-order valence-corrected chi connectivity index (χ4v) is 3.03. The molecule has 0 bridgehead atoms. The average molecular weight is 373 g/mol. The van der Waals surface area contributed by atoms with Crippen molar-refractivity contribution in [3.05, 3.63) is 71.4 Å². The predicted molar refractivity (Wildman–Crippen MR) is 108 cm³/mol. The number of benzene rings is 2. The van der Waals surface area contributed by atoms with Gasteiger partial charge < -0.3 is 14.6 Å². The van der Waals surface area contributed by atoms with E-state index in [0.29, 0.717) is 11.3 Å². The van der Waals surface area contributed by atoms with Crippen LogP contribution in [0.5, 0.6) is 0 Å². The number of para-hydroxylation sites is 1. The summed E-state index contributed by atoms with van der Waals surface area (Å²) in [7, 11) is 1.62. The Balaban J connectivity index is 2.01. The summed E-state index contributed by atoms with van der Waals surface area (Å²) in [5.41, 5.74) is 3.09. The number of hydrogen-bond donors (Lipinski definition) is 1. The van der Waals surface area contributed by atoms with Crippen molar-refractivity contribution in [3.8, 4) is 6.07 Å². The predicted octanol–water partition coefficient (Wildman–Crippen LogP) is 3.60. The van der Waals surface area contributed by atoms with Crippen molar-refractivity contribution in [2.45, 2.75) is 13.5 Å². The maximum absolute atomic E-state index is 12.8. The molecule has 0 spiro atoms. The maximum atomic E-state index is 12.8. The molecule has 1 aromatic heterocycles. The lowest BCUT2D eigenvalue weighted by molar-refractivity contribution is -0.137. The van der Waals surface area contributed by atoms with Crippen molar-refractivity contribution < 1.29 is 14.7 Å². The van der Waals surface area contributed by atoms with Crippen LogP contribution in [0.2, 0.25) is 0 Å². The Hall–Kier alpha value is -3.85. The Morgan fingerprint density at radius 3 is 2.50 bits per heavy atom. The van der Waals surface area contributed by atoms with E-state index in [-0.39, 0.29) is 12.1 Å². The van der Waals surface area contributed by atoms with Gasteiger partial charge in [-0.25, -0.2) is 0 Å². The van der Waals surface area contributed by atoms with Crippen LogP contribution in [0.15, 0.2) is 60.3 Å². The highest BCUT2D eigenvalue weighted by molar-refractivity contribution is 6.11. The molecule has 1 N–H and O–H groups in total. The first-order valence-corrected chi connectivity index (χ1v) is 8.67. The van der Waals surface area contributed by atoms with Crippen LogP contribution in [-0.4, -0.2) is 28.6 Å². The SMILES string of the molecule is Cc1ccc(N(C)C(=O)C(C#N)=Cc2cn(CC(=O)O)c3ccccc23)cc1. The highest BCUT2D eigenvalue weighted by Crippen LogP contribution is 2.24. The molecule has 1 amide bonds. The van der Waals surface area contributed by atoms with Crippen LogP contribution in [0.25, 0.3) is 17.0 Å². The first kappa shape index (κ1) is 18.9. The molecule has 0 atom stereocenters. The number of carboxylic acids is 1. The summed E-state index contributed by atoms with van der Waals surface area (Å²) in [5.74, 6) is -1.40. The summed E-state index contributed by atoms with van der Waals surface area (Å²) in [4.78, 5) is 25.4. The number of nitrogens with zero attached hydrogens (tertiary/aromatic N) is 3. The Morgan fingerprint density at radius 1 is 1.18 bits per heavy atom. The van der Waals surface area contributed by atoms with E-state index in [2.05, 4.69) is 0 Å². The maximum Gasteiger partial charge on any atom is 0.323 e. The molecule has 6 nitrogen and oxygen atoms in total. The minimum Gasteiger partial charge on any atom is -0.480 e. The number of likely N-dealkylation sites (N-methyl/N-ethyl adjacent to an activating group) is 1. The minimum atomic E-state index is -0.966. The van der Waals surface area contributed by atoms with Gasteiger partial charge in [-0.2, -0.15) is 5.26 Å². The van der Waals surface area contributed by atoms with Crippen LogP contribution in [0.1, 0.15) is 11.1 Å². The lowest BCUT2D eigenvalue weighted by Crippen LogP contribution is -2.27. The van der Waals surface area contributed by atoms with Crippen LogP contribution in [0.4, 0.5) is 5.69 Å². The van der Waals surface area contributed by atoms with E-state index < -0.39 is 11.9 Å². The molecular formula is C22H19N3O3. The van der Waals surface area contributed by atoms with Gasteiger partial charge in [0.05, 0.1) is 0 Å². The van der Waals surface area contributed by atoms with Gasteiger partial charge in [-0.15, -0.1) is 0 Å². The third-order valence-corrected chi connectivity index (χ3v) is 4.50. The zero-order valence-corrected chi connectivity index (χ0v) is 15.6. The highest BCUT2D eigenvalue weighted by Gasteiger charge is 2.18. The van der Waals surface area contributed by atoms with Gasteiger partial charge in [0.1, 0.15) is 18.2 Å². The second-order valence-electron chi connectivity index (χ2n) is 6.49. The standard InChI is InChI=1S/C22H19N3O3/c1-15-7-9-18(10-8-15)24(2)22(28)16(12-23)11-17-13-25(14-21(26)27)20-6-4-3-5-19(17)20/h3-11,13H,14H2,1-2H3,(H,26,27). The van der Waals surface area contributed by atoms with Gasteiger partial charge in [-0.05, 0) is 31.2 Å². The van der Waals surface area contributed by atoms with Crippen molar-refractivity contribution in [2.24, 2.45) is 0 Å². The lowest BCUT2D eigenvalue weighted by atomic mass is 10.1. The number of rotatable bonds is 5. The molecule has 0 aliphatic rings. The number of fused-ring (bicyclic) bond motifs is 1. The smallest absolute Gasteiger partial charge is 0.323 e. The summed E-state index contributed by atoms with van der Waals surface area (Å²) < 4.78 is 1.59. The summed E-state index contributed by atoms with van der Waals surface area (Å²) in [6.07, 6.45) is 3.16. The number of anilines is 1. The molecule has 28 heavy (non-hydrogen) atoms. The van der Waals surface area contributed by atoms with Gasteiger partial charge in [-0.1, -0.05) is 35.9 Å². The number of hydrogen-bond acceptors (Lipinski definition) is 3. The second kappa shape index (κ2) is 7.80. The fraction of sp³-hybridized carbons (Fsp3) is 0.136. The lowest BCUT2D eigenvalue weighted by Gasteiger charge is -2.16. The Kier molecular flexibility index (Phi) is 5.28. The van der Waals surface area contributed by atoms with Gasteiger partial charge in [0, 0.05) is 35.4 Å². The van der Waals surface area contributed by atoms with Crippen molar-refractivity contribution in [1.82, 2.24) is 4.57 Å².